The molecule has 4 rings (SSSR count). The highest BCUT2D eigenvalue weighted by Gasteiger charge is 2.37. The summed E-state index contributed by atoms with van der Waals surface area (Å²) in [5, 5.41) is 2.46. The minimum absolute atomic E-state index is 0.0193. The lowest BCUT2D eigenvalue weighted by Crippen LogP contribution is -2.46. The van der Waals surface area contributed by atoms with Gasteiger partial charge in [0, 0.05) is 25.0 Å². The number of aromatic nitrogens is 1. The maximum atomic E-state index is 13.5. The van der Waals surface area contributed by atoms with Crippen molar-refractivity contribution in [1.82, 2.24) is 14.2 Å². The number of hydrogen-bond acceptors (Lipinski definition) is 5. The topological polar surface area (TPSA) is 92.7 Å². The van der Waals surface area contributed by atoms with Crippen LogP contribution in [0.25, 0.3) is 0 Å². The molecule has 0 aliphatic carbocycles. The number of carbonyl (C=O) groups is 1. The van der Waals surface area contributed by atoms with Gasteiger partial charge in [0.05, 0.1) is 6.04 Å². The van der Waals surface area contributed by atoms with Crippen LogP contribution in [-0.2, 0) is 17.1 Å². The molecular formula is C20H24F2N4O4S. The Bertz CT molecular complexity index is 1110. The summed E-state index contributed by atoms with van der Waals surface area (Å²) in [5.41, 5.74) is 0.0202. The van der Waals surface area contributed by atoms with Gasteiger partial charge in [0.1, 0.15) is 11.5 Å². The van der Waals surface area contributed by atoms with E-state index in [9.17, 15) is 22.0 Å². The number of likely N-dealkylation sites (tertiary alicyclic amines) is 1. The molecule has 3 heterocycles. The fourth-order valence-electron chi connectivity index (χ4n) is 4.07. The van der Waals surface area contributed by atoms with Crippen LogP contribution in [0.1, 0.15) is 23.3 Å². The number of ether oxygens (including phenoxy) is 1. The van der Waals surface area contributed by atoms with Crippen molar-refractivity contribution in [1.29, 1.82) is 0 Å². The Morgan fingerprint density at radius 2 is 1.90 bits per heavy atom. The van der Waals surface area contributed by atoms with Gasteiger partial charge in [0.25, 0.3) is 5.91 Å². The zero-order chi connectivity index (χ0) is 22.3. The van der Waals surface area contributed by atoms with Gasteiger partial charge in [-0.1, -0.05) is 0 Å². The molecule has 0 saturated carbocycles. The van der Waals surface area contributed by atoms with Crippen molar-refractivity contribution in [3.63, 3.8) is 0 Å². The van der Waals surface area contributed by atoms with Crippen LogP contribution in [0.15, 0.2) is 29.3 Å². The van der Waals surface area contributed by atoms with Crippen LogP contribution < -0.4 is 14.8 Å². The molecule has 0 spiro atoms. The highest BCUT2D eigenvalue weighted by atomic mass is 32.2. The van der Waals surface area contributed by atoms with Gasteiger partial charge in [-0.2, -0.15) is 0 Å². The third-order valence-corrected chi connectivity index (χ3v) is 7.31. The van der Waals surface area contributed by atoms with E-state index in [1.54, 1.807) is 0 Å². The molecule has 2 aliphatic heterocycles. The number of anilines is 1. The number of piperidine rings is 1. The Morgan fingerprint density at radius 3 is 2.58 bits per heavy atom. The highest BCUT2D eigenvalue weighted by molar-refractivity contribution is 7.89. The van der Waals surface area contributed by atoms with E-state index in [-0.39, 0.29) is 34.6 Å². The molecule has 1 aromatic heterocycles. The Labute approximate surface area is 179 Å². The van der Waals surface area contributed by atoms with Crippen molar-refractivity contribution >= 4 is 21.6 Å². The van der Waals surface area contributed by atoms with Gasteiger partial charge in [0.15, 0.2) is 23.1 Å². The largest absolute Gasteiger partial charge is 0.488 e. The van der Waals surface area contributed by atoms with Gasteiger partial charge in [-0.3, -0.25) is 4.79 Å². The number of nitrogens with one attached hydrogen (secondary N) is 2. The molecule has 0 bridgehead atoms. The minimum atomic E-state index is -3.91. The summed E-state index contributed by atoms with van der Waals surface area (Å²) in [6.07, 6.45) is 3.00. The van der Waals surface area contributed by atoms with Crippen molar-refractivity contribution in [3.05, 3.63) is 41.7 Å². The normalized spacial score (nSPS) is 21.7. The zero-order valence-corrected chi connectivity index (χ0v) is 18.0. The van der Waals surface area contributed by atoms with E-state index in [1.807, 2.05) is 7.05 Å². The monoisotopic (exact) mass is 454 g/mol. The predicted molar refractivity (Wildman–Crippen MR) is 110 cm³/mol. The number of benzene rings is 1. The second-order valence-corrected chi connectivity index (χ2v) is 9.73. The molecular weight excluding hydrogens is 430 g/mol. The molecule has 168 valence electrons. The molecule has 2 aromatic rings. The number of fused-ring (bicyclic) bond motifs is 1. The van der Waals surface area contributed by atoms with Gasteiger partial charge in [-0.25, -0.2) is 21.9 Å². The van der Waals surface area contributed by atoms with E-state index in [2.05, 4.69) is 14.9 Å². The standard InChI is InChI=1S/C20H24F2N4O4S/c1-25-7-5-12(6-8-25)16-11-30-19-17(31(28,29)24-16)10-26(2)18(19)20(27)23-13-3-4-14(21)15(22)9-13/h3-4,9-10,12,16,24H,5-8,11H2,1-2H3,(H,23,27). The Balaban J connectivity index is 1.60. The summed E-state index contributed by atoms with van der Waals surface area (Å²) in [5.74, 6) is -2.75. The van der Waals surface area contributed by atoms with Crippen molar-refractivity contribution in [2.24, 2.45) is 13.0 Å². The molecule has 1 fully saturated rings. The predicted octanol–water partition coefficient (Wildman–Crippen LogP) is 1.94. The summed E-state index contributed by atoms with van der Waals surface area (Å²) in [4.78, 5) is 14.9. The lowest BCUT2D eigenvalue weighted by Gasteiger charge is -2.33. The first-order valence-electron chi connectivity index (χ1n) is 9.95. The summed E-state index contributed by atoms with van der Waals surface area (Å²) in [7, 11) is -0.368. The van der Waals surface area contributed by atoms with Gasteiger partial charge in [-0.15, -0.1) is 0 Å². The van der Waals surface area contributed by atoms with E-state index >= 15 is 0 Å². The number of hydrogen-bond donors (Lipinski definition) is 2. The zero-order valence-electron chi connectivity index (χ0n) is 17.2. The molecule has 1 atom stereocenters. The number of halogens is 2. The van der Waals surface area contributed by atoms with Crippen LogP contribution in [0.3, 0.4) is 0 Å². The summed E-state index contributed by atoms with van der Waals surface area (Å²) < 4.78 is 62.6. The van der Waals surface area contributed by atoms with Gasteiger partial charge in [-0.05, 0) is 51.0 Å². The molecule has 31 heavy (non-hydrogen) atoms. The number of rotatable bonds is 3. The fourth-order valence-corrected chi connectivity index (χ4v) is 5.55. The molecule has 2 aliphatic rings. The van der Waals surface area contributed by atoms with Crippen LogP contribution in [0.2, 0.25) is 0 Å². The van der Waals surface area contributed by atoms with Gasteiger partial charge >= 0.3 is 0 Å². The summed E-state index contributed by atoms with van der Waals surface area (Å²) in [6.45, 7) is 1.84. The van der Waals surface area contributed by atoms with E-state index < -0.39 is 33.6 Å². The number of carbonyl (C=O) groups excluding carboxylic acids is 1. The smallest absolute Gasteiger partial charge is 0.276 e. The first-order chi connectivity index (χ1) is 14.7. The van der Waals surface area contributed by atoms with Crippen LogP contribution in [0, 0.1) is 17.6 Å². The Morgan fingerprint density at radius 1 is 1.19 bits per heavy atom. The molecule has 8 nitrogen and oxygen atoms in total. The summed E-state index contributed by atoms with van der Waals surface area (Å²) in [6, 6.07) is 2.56. The summed E-state index contributed by atoms with van der Waals surface area (Å²) >= 11 is 0. The van der Waals surface area contributed by atoms with E-state index in [0.29, 0.717) is 0 Å². The van der Waals surface area contributed by atoms with Crippen LogP contribution in [-0.4, -0.2) is 56.6 Å². The van der Waals surface area contributed by atoms with E-state index in [1.165, 1.54) is 23.9 Å². The molecule has 2 N–H and O–H groups in total. The third kappa shape index (κ3) is 4.30. The van der Waals surface area contributed by atoms with Crippen molar-refractivity contribution < 1.29 is 26.7 Å². The van der Waals surface area contributed by atoms with Crippen LogP contribution in [0.5, 0.6) is 5.75 Å². The van der Waals surface area contributed by atoms with Crippen molar-refractivity contribution in [2.75, 3.05) is 32.1 Å². The Kier molecular flexibility index (Phi) is 5.75. The molecule has 0 radical (unpaired) electrons. The first-order valence-corrected chi connectivity index (χ1v) is 11.4. The van der Waals surface area contributed by atoms with Crippen LogP contribution >= 0.6 is 0 Å². The highest BCUT2D eigenvalue weighted by Crippen LogP contribution is 2.34. The molecule has 1 amide bonds. The number of sulfonamides is 1. The average molecular weight is 454 g/mol. The minimum Gasteiger partial charge on any atom is -0.488 e. The molecule has 1 unspecified atom stereocenters. The van der Waals surface area contributed by atoms with Crippen molar-refractivity contribution in [2.45, 2.75) is 23.8 Å². The van der Waals surface area contributed by atoms with Gasteiger partial charge in [0.2, 0.25) is 10.0 Å². The maximum absolute atomic E-state index is 13.5. The average Bonchev–Trinajstić information content (AvgIpc) is 2.99. The second kappa shape index (κ2) is 8.21. The van der Waals surface area contributed by atoms with E-state index in [4.69, 9.17) is 4.74 Å². The third-order valence-electron chi connectivity index (χ3n) is 5.83. The first kappa shape index (κ1) is 21.7. The number of aryl methyl sites for hydroxylation is 1. The quantitative estimate of drug-likeness (QED) is 0.740. The molecule has 1 aromatic carbocycles. The lowest BCUT2D eigenvalue weighted by molar-refractivity contribution is 0.101. The maximum Gasteiger partial charge on any atom is 0.276 e. The Hall–Kier alpha value is -2.50. The van der Waals surface area contributed by atoms with Crippen molar-refractivity contribution in [3.8, 4) is 5.75 Å². The lowest BCUT2D eigenvalue weighted by atomic mass is 9.90. The second-order valence-electron chi connectivity index (χ2n) is 8.04. The van der Waals surface area contributed by atoms with Gasteiger partial charge < -0.3 is 19.5 Å². The molecule has 11 heteroatoms. The molecule has 1 saturated heterocycles. The fraction of sp³-hybridized carbons (Fsp3) is 0.450. The van der Waals surface area contributed by atoms with Crippen LogP contribution in [0.4, 0.5) is 14.5 Å². The number of amides is 1. The SMILES string of the molecule is CN1CCC(C2COc3c(cn(C)c3C(=O)Nc3ccc(F)c(F)c3)S(=O)(=O)N2)CC1. The van der Waals surface area contributed by atoms with E-state index in [0.717, 1.165) is 38.1 Å². The number of nitrogens with zero attached hydrogens (tertiary/aromatic N) is 2.